The number of hydrogen-bond acceptors (Lipinski definition) is 3. The van der Waals surface area contributed by atoms with Crippen molar-refractivity contribution in [1.82, 2.24) is 10.3 Å². The Balaban J connectivity index is 1.79. The van der Waals surface area contributed by atoms with Crippen molar-refractivity contribution in [2.24, 2.45) is 0 Å². The molecular formula is C16H22N2S. The Bertz CT molecular complexity index is 439. The van der Waals surface area contributed by atoms with E-state index in [1.807, 2.05) is 23.7 Å². The number of aromatic nitrogens is 1. The molecule has 2 rings (SSSR count). The molecule has 1 N–H and O–H groups in total. The maximum atomic E-state index is 4.08. The van der Waals surface area contributed by atoms with Crippen LogP contribution in [-0.2, 0) is 12.8 Å². The van der Waals surface area contributed by atoms with Crippen molar-refractivity contribution in [2.75, 3.05) is 6.54 Å². The van der Waals surface area contributed by atoms with E-state index >= 15 is 0 Å². The first-order valence-corrected chi connectivity index (χ1v) is 7.91. The van der Waals surface area contributed by atoms with Gasteiger partial charge in [-0.1, -0.05) is 13.0 Å². The van der Waals surface area contributed by atoms with Gasteiger partial charge in [0, 0.05) is 23.3 Å². The van der Waals surface area contributed by atoms with Gasteiger partial charge < -0.3 is 5.32 Å². The maximum absolute atomic E-state index is 4.08. The minimum atomic E-state index is 0.576. The summed E-state index contributed by atoms with van der Waals surface area (Å²) in [5, 5.41) is 5.75. The third kappa shape index (κ3) is 5.13. The highest BCUT2D eigenvalue weighted by atomic mass is 32.1. The van der Waals surface area contributed by atoms with Crippen LogP contribution in [0.2, 0.25) is 0 Å². The van der Waals surface area contributed by atoms with Gasteiger partial charge in [-0.15, -0.1) is 11.3 Å². The number of pyridine rings is 1. The average molecular weight is 274 g/mol. The van der Waals surface area contributed by atoms with E-state index in [0.29, 0.717) is 6.04 Å². The third-order valence-corrected chi connectivity index (χ3v) is 4.22. The molecule has 0 saturated carbocycles. The molecule has 3 heteroatoms. The van der Waals surface area contributed by atoms with Crippen molar-refractivity contribution in [1.29, 1.82) is 0 Å². The van der Waals surface area contributed by atoms with Gasteiger partial charge in [-0.05, 0) is 61.4 Å². The zero-order valence-corrected chi connectivity index (χ0v) is 12.3. The summed E-state index contributed by atoms with van der Waals surface area (Å²) < 4.78 is 0. The summed E-state index contributed by atoms with van der Waals surface area (Å²) >= 11 is 1.86. The van der Waals surface area contributed by atoms with Gasteiger partial charge in [-0.2, -0.15) is 0 Å². The molecular weight excluding hydrogens is 252 g/mol. The largest absolute Gasteiger partial charge is 0.314 e. The van der Waals surface area contributed by atoms with Gasteiger partial charge >= 0.3 is 0 Å². The van der Waals surface area contributed by atoms with E-state index in [2.05, 4.69) is 46.9 Å². The number of hydrogen-bond donors (Lipinski definition) is 1. The normalized spacial score (nSPS) is 12.5. The molecule has 0 aliphatic rings. The Morgan fingerprint density at radius 3 is 2.79 bits per heavy atom. The summed E-state index contributed by atoms with van der Waals surface area (Å²) in [5.74, 6) is 0. The summed E-state index contributed by atoms with van der Waals surface area (Å²) in [5.41, 5.74) is 1.37. The molecule has 2 aromatic heterocycles. The molecule has 1 unspecified atom stereocenters. The smallest absolute Gasteiger partial charge is 0.0270 e. The molecule has 2 aromatic rings. The number of likely N-dealkylation sites (N-methyl/N-ethyl adjacent to an activating group) is 1. The molecule has 0 fully saturated rings. The highest BCUT2D eigenvalue weighted by Crippen LogP contribution is 2.14. The second kappa shape index (κ2) is 8.08. The summed E-state index contributed by atoms with van der Waals surface area (Å²) in [6, 6.07) is 9.18. The monoisotopic (exact) mass is 274 g/mol. The molecule has 2 nitrogen and oxygen atoms in total. The fourth-order valence-electron chi connectivity index (χ4n) is 2.35. The molecule has 0 saturated heterocycles. The van der Waals surface area contributed by atoms with Gasteiger partial charge in [0.2, 0.25) is 0 Å². The Morgan fingerprint density at radius 1 is 1.26 bits per heavy atom. The van der Waals surface area contributed by atoms with Crippen LogP contribution in [0.1, 0.15) is 30.2 Å². The summed E-state index contributed by atoms with van der Waals surface area (Å²) in [6.45, 7) is 3.22. The highest BCUT2D eigenvalue weighted by Gasteiger charge is 2.08. The molecule has 0 spiro atoms. The van der Waals surface area contributed by atoms with Crippen LogP contribution in [0.5, 0.6) is 0 Å². The summed E-state index contributed by atoms with van der Waals surface area (Å²) in [7, 11) is 0. The lowest BCUT2D eigenvalue weighted by Gasteiger charge is -2.17. The molecule has 0 radical (unpaired) electrons. The van der Waals surface area contributed by atoms with Gasteiger partial charge in [0.25, 0.3) is 0 Å². The highest BCUT2D eigenvalue weighted by molar-refractivity contribution is 7.09. The lowest BCUT2D eigenvalue weighted by atomic mass is 10.0. The lowest BCUT2D eigenvalue weighted by molar-refractivity contribution is 0.477. The van der Waals surface area contributed by atoms with E-state index in [-0.39, 0.29) is 0 Å². The second-order valence-electron chi connectivity index (χ2n) is 4.79. The van der Waals surface area contributed by atoms with Crippen molar-refractivity contribution >= 4 is 11.3 Å². The SMILES string of the molecule is CCNC(CCCc1cccs1)Cc1ccncc1. The first-order valence-electron chi connectivity index (χ1n) is 7.03. The maximum Gasteiger partial charge on any atom is 0.0270 e. The van der Waals surface area contributed by atoms with Crippen LogP contribution in [0.3, 0.4) is 0 Å². The molecule has 0 amide bonds. The lowest BCUT2D eigenvalue weighted by Crippen LogP contribution is -2.31. The predicted molar refractivity (Wildman–Crippen MR) is 82.7 cm³/mol. The predicted octanol–water partition coefficient (Wildman–Crippen LogP) is 3.69. The van der Waals surface area contributed by atoms with Crippen molar-refractivity contribution in [2.45, 2.75) is 38.6 Å². The molecule has 0 aromatic carbocycles. The van der Waals surface area contributed by atoms with E-state index in [4.69, 9.17) is 0 Å². The van der Waals surface area contributed by atoms with Gasteiger partial charge in [0.05, 0.1) is 0 Å². The first kappa shape index (κ1) is 14.2. The van der Waals surface area contributed by atoms with Crippen LogP contribution in [0.4, 0.5) is 0 Å². The van der Waals surface area contributed by atoms with Gasteiger partial charge in [0.15, 0.2) is 0 Å². The Labute approximate surface area is 119 Å². The Kier molecular flexibility index (Phi) is 6.05. The number of rotatable bonds is 8. The molecule has 102 valence electrons. The van der Waals surface area contributed by atoms with Crippen molar-refractivity contribution in [3.63, 3.8) is 0 Å². The zero-order chi connectivity index (χ0) is 13.3. The van der Waals surface area contributed by atoms with E-state index in [1.165, 1.54) is 29.7 Å². The third-order valence-electron chi connectivity index (χ3n) is 3.28. The second-order valence-corrected chi connectivity index (χ2v) is 5.82. The molecule has 0 bridgehead atoms. The quantitative estimate of drug-likeness (QED) is 0.794. The van der Waals surface area contributed by atoms with Crippen LogP contribution in [0.25, 0.3) is 0 Å². The molecule has 0 aliphatic carbocycles. The summed E-state index contributed by atoms with van der Waals surface area (Å²) in [4.78, 5) is 5.57. The van der Waals surface area contributed by atoms with E-state index < -0.39 is 0 Å². The first-order chi connectivity index (χ1) is 9.38. The summed E-state index contributed by atoms with van der Waals surface area (Å²) in [6.07, 6.45) is 8.54. The molecule has 1 atom stereocenters. The average Bonchev–Trinajstić information content (AvgIpc) is 2.93. The van der Waals surface area contributed by atoms with Crippen molar-refractivity contribution < 1.29 is 0 Å². The molecule has 2 heterocycles. The van der Waals surface area contributed by atoms with Gasteiger partial charge in [0.1, 0.15) is 0 Å². The van der Waals surface area contributed by atoms with Crippen LogP contribution >= 0.6 is 11.3 Å². The van der Waals surface area contributed by atoms with E-state index in [0.717, 1.165) is 13.0 Å². The standard InChI is InChI=1S/C16H22N2S/c1-2-18-15(13-14-8-10-17-11-9-14)5-3-6-16-7-4-12-19-16/h4,7-12,15,18H,2-3,5-6,13H2,1H3. The van der Waals surface area contributed by atoms with Crippen molar-refractivity contribution in [3.05, 3.63) is 52.5 Å². The fraction of sp³-hybridized carbons (Fsp3) is 0.438. The van der Waals surface area contributed by atoms with Crippen molar-refractivity contribution in [3.8, 4) is 0 Å². The molecule has 0 aliphatic heterocycles. The van der Waals surface area contributed by atoms with Crippen LogP contribution in [0.15, 0.2) is 42.0 Å². The van der Waals surface area contributed by atoms with Gasteiger partial charge in [-0.25, -0.2) is 0 Å². The Morgan fingerprint density at radius 2 is 2.11 bits per heavy atom. The fourth-order valence-corrected chi connectivity index (χ4v) is 3.10. The van der Waals surface area contributed by atoms with E-state index in [9.17, 15) is 0 Å². The van der Waals surface area contributed by atoms with Crippen LogP contribution < -0.4 is 5.32 Å². The zero-order valence-electron chi connectivity index (χ0n) is 11.5. The minimum Gasteiger partial charge on any atom is -0.314 e. The topological polar surface area (TPSA) is 24.9 Å². The number of nitrogens with one attached hydrogen (secondary N) is 1. The minimum absolute atomic E-state index is 0.576. The number of thiophene rings is 1. The molecule has 19 heavy (non-hydrogen) atoms. The number of nitrogens with zero attached hydrogens (tertiary/aromatic N) is 1. The number of aryl methyl sites for hydroxylation is 1. The van der Waals surface area contributed by atoms with Crippen LogP contribution in [0, 0.1) is 0 Å². The van der Waals surface area contributed by atoms with E-state index in [1.54, 1.807) is 0 Å². The Hall–Kier alpha value is -1.19. The van der Waals surface area contributed by atoms with Crippen LogP contribution in [-0.4, -0.2) is 17.6 Å². The van der Waals surface area contributed by atoms with Gasteiger partial charge in [-0.3, -0.25) is 4.98 Å².